The van der Waals surface area contributed by atoms with Crippen LogP contribution in [-0.2, 0) is 0 Å². The van der Waals surface area contributed by atoms with E-state index in [0.29, 0.717) is 11.9 Å². The normalized spacial score (nSPS) is 11.9. The van der Waals surface area contributed by atoms with Gasteiger partial charge >= 0.3 is 0 Å². The molecule has 0 saturated heterocycles. The molecule has 21 aromatic rings. The van der Waals surface area contributed by atoms with Crippen LogP contribution in [0.4, 0.5) is 0 Å². The summed E-state index contributed by atoms with van der Waals surface area (Å²) < 4.78 is 15.7. The Kier molecular flexibility index (Phi) is 12.1. The van der Waals surface area contributed by atoms with Crippen LogP contribution in [0.15, 0.2) is 332 Å². The van der Waals surface area contributed by atoms with E-state index in [2.05, 4.69) is 322 Å². The van der Waals surface area contributed by atoms with Gasteiger partial charge in [0.2, 0.25) is 11.9 Å². The highest BCUT2D eigenvalue weighted by Crippen LogP contribution is 2.46. The van der Waals surface area contributed by atoms with Crippen LogP contribution in [0.3, 0.4) is 0 Å². The third-order valence-electron chi connectivity index (χ3n) is 19.5. The second-order valence-corrected chi connectivity index (χ2v) is 24.8. The summed E-state index contributed by atoms with van der Waals surface area (Å²) in [7, 11) is 0. The SMILES string of the molecule is c1ccc(-c2cccc(-c3nc(-n4c5ccccc5c5c6c7ccccc7n(-c7ccccc7)c6ccc54)nc4ccccc34)c2)cc1.c1ccc(-n2c3ccccc3c3c4c5ccccc5n(-c5nc(-c6cccc7c6oc6ccccc67)c6ccccc6n5)c4ccc32)cc1. The topological polar surface area (TPSA) is 84.4 Å². The van der Waals surface area contributed by atoms with Crippen molar-refractivity contribution in [3.05, 3.63) is 328 Å². The average molecular weight is 1240 g/mol. The summed E-state index contributed by atoms with van der Waals surface area (Å²) in [5, 5.41) is 13.8. The third-order valence-corrected chi connectivity index (χ3v) is 19.5. The molecule has 9 heteroatoms. The Morgan fingerprint density at radius 1 is 0.227 bits per heavy atom. The van der Waals surface area contributed by atoms with Gasteiger partial charge in [-0.05, 0) is 114 Å². The van der Waals surface area contributed by atoms with Gasteiger partial charge in [0.1, 0.15) is 11.2 Å². The molecule has 0 spiro atoms. The van der Waals surface area contributed by atoms with E-state index in [1.165, 1.54) is 65.3 Å². The molecule has 7 aromatic heterocycles. The Hall–Kier alpha value is -13.2. The second-order valence-electron chi connectivity index (χ2n) is 24.8. The largest absolute Gasteiger partial charge is 0.455 e. The quantitative estimate of drug-likeness (QED) is 0.159. The monoisotopic (exact) mass is 1240 g/mol. The lowest BCUT2D eigenvalue weighted by Crippen LogP contribution is -2.03. The fraction of sp³-hybridized carbons (Fsp3) is 0. The summed E-state index contributed by atoms with van der Waals surface area (Å²) in [5.74, 6) is 1.28. The molecule has 14 aromatic carbocycles. The van der Waals surface area contributed by atoms with Gasteiger partial charge < -0.3 is 13.6 Å². The van der Waals surface area contributed by atoms with E-state index in [0.717, 1.165) is 111 Å². The van der Waals surface area contributed by atoms with Gasteiger partial charge in [0.25, 0.3) is 0 Å². The van der Waals surface area contributed by atoms with Gasteiger partial charge in [-0.3, -0.25) is 9.13 Å². The zero-order chi connectivity index (χ0) is 63.7. The Morgan fingerprint density at radius 2 is 0.588 bits per heavy atom. The van der Waals surface area contributed by atoms with Crippen molar-refractivity contribution in [1.29, 1.82) is 0 Å². The molecule has 0 radical (unpaired) electrons. The molecule has 0 unspecified atom stereocenters. The van der Waals surface area contributed by atoms with Gasteiger partial charge in [-0.25, -0.2) is 19.9 Å². The zero-order valence-corrected chi connectivity index (χ0v) is 52.2. The van der Waals surface area contributed by atoms with Crippen molar-refractivity contribution in [2.24, 2.45) is 0 Å². The van der Waals surface area contributed by atoms with E-state index in [1.807, 2.05) is 24.3 Å². The third kappa shape index (κ3) is 8.38. The molecule has 97 heavy (non-hydrogen) atoms. The highest BCUT2D eigenvalue weighted by Gasteiger charge is 2.26. The first-order valence-electron chi connectivity index (χ1n) is 32.8. The molecule has 0 aliphatic rings. The van der Waals surface area contributed by atoms with Crippen LogP contribution in [0.2, 0.25) is 0 Å². The lowest BCUT2D eigenvalue weighted by molar-refractivity contribution is 0.670. The van der Waals surface area contributed by atoms with E-state index in [1.54, 1.807) is 0 Å². The minimum absolute atomic E-state index is 0.624. The fourth-order valence-electron chi connectivity index (χ4n) is 15.3. The first-order chi connectivity index (χ1) is 48.2. The highest BCUT2D eigenvalue weighted by molar-refractivity contribution is 6.30. The molecule has 0 atom stereocenters. The zero-order valence-electron chi connectivity index (χ0n) is 52.2. The first-order valence-corrected chi connectivity index (χ1v) is 32.8. The maximum Gasteiger partial charge on any atom is 0.235 e. The molecule has 9 nitrogen and oxygen atoms in total. The van der Waals surface area contributed by atoms with Crippen LogP contribution in [0.25, 0.3) is 188 Å². The smallest absolute Gasteiger partial charge is 0.235 e. The molecule has 21 rings (SSSR count). The van der Waals surface area contributed by atoms with Crippen LogP contribution in [0, 0.1) is 0 Å². The van der Waals surface area contributed by atoms with Crippen LogP contribution >= 0.6 is 0 Å². The van der Waals surface area contributed by atoms with Gasteiger partial charge in [0, 0.05) is 87.1 Å². The number of nitrogens with zero attached hydrogens (tertiary/aromatic N) is 8. The Morgan fingerprint density at radius 3 is 1.10 bits per heavy atom. The molecule has 0 aliphatic carbocycles. The molecule has 0 aliphatic heterocycles. The number of rotatable bonds is 7. The molecule has 0 bridgehead atoms. The van der Waals surface area contributed by atoms with Gasteiger partial charge in [0.15, 0.2) is 0 Å². The highest BCUT2D eigenvalue weighted by atomic mass is 16.3. The molecule has 0 fully saturated rings. The van der Waals surface area contributed by atoms with Crippen molar-refractivity contribution >= 4 is 131 Å². The molecule has 0 saturated carbocycles. The van der Waals surface area contributed by atoms with Crippen LogP contribution in [0.1, 0.15) is 0 Å². The number of hydrogen-bond donors (Lipinski definition) is 0. The number of hydrogen-bond acceptors (Lipinski definition) is 5. The average Bonchev–Trinajstić information content (AvgIpc) is 1.56. The number of aromatic nitrogens is 8. The summed E-state index contributed by atoms with van der Waals surface area (Å²) in [6, 6.07) is 115. The first kappa shape index (κ1) is 54.3. The molecule has 7 heterocycles. The van der Waals surface area contributed by atoms with Gasteiger partial charge in [0.05, 0.1) is 66.6 Å². The Labute approximate surface area is 554 Å². The van der Waals surface area contributed by atoms with Crippen molar-refractivity contribution in [1.82, 2.24) is 38.2 Å². The van der Waals surface area contributed by atoms with Gasteiger partial charge in [-0.2, -0.15) is 0 Å². The maximum absolute atomic E-state index is 6.52. The summed E-state index contributed by atoms with van der Waals surface area (Å²) in [6.07, 6.45) is 0. The summed E-state index contributed by atoms with van der Waals surface area (Å²) >= 11 is 0. The van der Waals surface area contributed by atoms with Crippen molar-refractivity contribution in [2.45, 2.75) is 0 Å². The van der Waals surface area contributed by atoms with E-state index >= 15 is 0 Å². The lowest BCUT2D eigenvalue weighted by Gasteiger charge is -2.13. The molecule has 0 amide bonds. The fourth-order valence-corrected chi connectivity index (χ4v) is 15.3. The van der Waals surface area contributed by atoms with Crippen LogP contribution in [-0.4, -0.2) is 38.2 Å². The van der Waals surface area contributed by atoms with E-state index in [9.17, 15) is 0 Å². The van der Waals surface area contributed by atoms with Crippen molar-refractivity contribution < 1.29 is 4.42 Å². The molecular weight excluding hydrogens is 1190 g/mol. The van der Waals surface area contributed by atoms with E-state index < -0.39 is 0 Å². The number of benzene rings is 14. The lowest BCUT2D eigenvalue weighted by atomic mass is 10.00. The number of para-hydroxylation sites is 10. The summed E-state index contributed by atoms with van der Waals surface area (Å²) in [5.41, 5.74) is 20.9. The summed E-state index contributed by atoms with van der Waals surface area (Å²) in [6.45, 7) is 0. The predicted octanol–water partition coefficient (Wildman–Crippen LogP) is 22.5. The van der Waals surface area contributed by atoms with Crippen molar-refractivity contribution in [3.8, 4) is 56.9 Å². The number of fused-ring (bicyclic) bond motifs is 19. The minimum Gasteiger partial charge on any atom is -0.455 e. The van der Waals surface area contributed by atoms with Crippen molar-refractivity contribution in [2.75, 3.05) is 0 Å². The predicted molar refractivity (Wildman–Crippen MR) is 400 cm³/mol. The summed E-state index contributed by atoms with van der Waals surface area (Å²) in [4.78, 5) is 21.3. The standard InChI is InChI=1S/C44H26N4O.C44H28N4/c1-2-13-27(14-3-1)47-35-22-9-5-17-31(35)40-37(47)25-26-38-41(40)32-18-6-10-23-36(32)48(38)44-45-34-21-8-4-16-30(34)42(46-44)33-20-12-19-29-28-15-7-11-24-39(28)49-43(29)33;1-3-14-29(15-4-1)30-16-13-17-31(28-30)43-33-20-7-10-23-36(33)45-44(46-43)48-38-25-12-9-22-35(38)42-40(48)27-26-39-41(42)34-21-8-11-24-37(34)47(39)32-18-5-2-6-19-32/h1-26H;1-28H. The van der Waals surface area contributed by atoms with E-state index in [4.69, 9.17) is 24.4 Å². The molecular formula is C88H54N8O. The van der Waals surface area contributed by atoms with Crippen molar-refractivity contribution in [3.63, 3.8) is 0 Å². The molecule has 452 valence electrons. The second kappa shape index (κ2) is 21.7. The number of furan rings is 1. The van der Waals surface area contributed by atoms with Crippen LogP contribution < -0.4 is 0 Å². The van der Waals surface area contributed by atoms with Crippen LogP contribution in [0.5, 0.6) is 0 Å². The van der Waals surface area contributed by atoms with Gasteiger partial charge in [-0.1, -0.05) is 224 Å². The van der Waals surface area contributed by atoms with E-state index in [-0.39, 0.29) is 0 Å². The Bertz CT molecular complexity index is 6760. The molecule has 0 N–H and O–H groups in total. The Balaban J connectivity index is 0.000000132. The minimum atomic E-state index is 0.624. The van der Waals surface area contributed by atoms with Gasteiger partial charge in [-0.15, -0.1) is 0 Å². The maximum atomic E-state index is 6.52.